The Kier molecular flexibility index (Phi) is 4.45. The first kappa shape index (κ1) is 14.7. The lowest BCUT2D eigenvalue weighted by atomic mass is 10.5. The molecule has 0 saturated carbocycles. The van der Waals surface area contributed by atoms with Crippen molar-refractivity contribution in [2.45, 2.75) is 17.0 Å². The van der Waals surface area contributed by atoms with Gasteiger partial charge in [0.05, 0.1) is 10.8 Å². The molecule has 0 aromatic carbocycles. The van der Waals surface area contributed by atoms with Gasteiger partial charge in [0, 0.05) is 17.3 Å². The monoisotopic (exact) mass is 307 g/mol. The fraction of sp³-hybridized carbons (Fsp3) is 0.500. The summed E-state index contributed by atoms with van der Waals surface area (Å²) in [7, 11) is -3.21. The van der Waals surface area contributed by atoms with E-state index >= 15 is 0 Å². The molecule has 0 radical (unpaired) electrons. The highest BCUT2D eigenvalue weighted by molar-refractivity contribution is 7.89. The third kappa shape index (κ3) is 3.84. The molecule has 98 valence electrons. The van der Waals surface area contributed by atoms with Crippen LogP contribution in [0, 0.1) is 0 Å². The smallest absolute Gasteiger partial charge is 0.207 e. The first-order valence-corrected chi connectivity index (χ1v) is 7.18. The average Bonchev–Trinajstić information content (AvgIpc) is 2.63. The maximum Gasteiger partial charge on any atom is 0.402 e. The lowest BCUT2D eigenvalue weighted by molar-refractivity contribution is -0.134. The van der Waals surface area contributed by atoms with Crippen LogP contribution in [0.2, 0.25) is 0 Å². The van der Waals surface area contributed by atoms with Crippen LogP contribution in [-0.4, -0.2) is 32.5 Å². The minimum atomic E-state index is -4.56. The predicted molar refractivity (Wildman–Crippen MR) is 59.7 cm³/mol. The molecule has 0 atom stereocenters. The van der Waals surface area contributed by atoms with Gasteiger partial charge in [0.25, 0.3) is 0 Å². The molecular formula is C8H9ClF3NO2S2. The fourth-order valence-corrected chi connectivity index (χ4v) is 3.62. The molecular weight excluding hydrogens is 299 g/mol. The van der Waals surface area contributed by atoms with Crippen molar-refractivity contribution >= 4 is 33.0 Å². The molecule has 1 aromatic rings. The van der Waals surface area contributed by atoms with Gasteiger partial charge in [-0.25, -0.2) is 8.42 Å². The van der Waals surface area contributed by atoms with Crippen molar-refractivity contribution in [1.29, 1.82) is 0 Å². The quantitative estimate of drug-likeness (QED) is 0.802. The lowest BCUT2D eigenvalue weighted by Gasteiger charge is -2.17. The summed E-state index contributed by atoms with van der Waals surface area (Å²) in [5.41, 5.74) is 0. The molecule has 0 aliphatic carbocycles. The Morgan fingerprint density at radius 2 is 2.06 bits per heavy atom. The first-order chi connectivity index (χ1) is 7.66. The largest absolute Gasteiger partial charge is 0.402 e. The van der Waals surface area contributed by atoms with Gasteiger partial charge >= 0.3 is 6.18 Å². The summed E-state index contributed by atoms with van der Waals surface area (Å²) in [6.45, 7) is -1.51. The van der Waals surface area contributed by atoms with Crippen LogP contribution in [0.5, 0.6) is 0 Å². The van der Waals surface area contributed by atoms with E-state index in [-0.39, 0.29) is 15.1 Å². The molecule has 9 heteroatoms. The molecule has 0 unspecified atom stereocenters. The summed E-state index contributed by atoms with van der Waals surface area (Å²) in [5.74, 6) is 0.128. The van der Waals surface area contributed by atoms with Crippen LogP contribution >= 0.6 is 22.9 Å². The maximum atomic E-state index is 12.1. The third-order valence-electron chi connectivity index (χ3n) is 1.87. The highest BCUT2D eigenvalue weighted by atomic mass is 35.5. The zero-order valence-electron chi connectivity index (χ0n) is 8.66. The zero-order valence-corrected chi connectivity index (χ0v) is 11.0. The molecule has 0 aliphatic heterocycles. The second kappa shape index (κ2) is 5.13. The van der Waals surface area contributed by atoms with Crippen LogP contribution in [0.15, 0.2) is 16.3 Å². The number of thiophene rings is 1. The van der Waals surface area contributed by atoms with E-state index in [9.17, 15) is 21.6 Å². The van der Waals surface area contributed by atoms with Crippen LogP contribution in [-0.2, 0) is 15.9 Å². The van der Waals surface area contributed by atoms with E-state index < -0.39 is 22.7 Å². The van der Waals surface area contributed by atoms with Crippen molar-refractivity contribution in [3.8, 4) is 0 Å². The topological polar surface area (TPSA) is 37.4 Å². The summed E-state index contributed by atoms with van der Waals surface area (Å²) >= 11 is 6.59. The van der Waals surface area contributed by atoms with Crippen LogP contribution in [0.25, 0.3) is 0 Å². The number of alkyl halides is 4. The molecule has 3 nitrogen and oxygen atoms in total. The van der Waals surface area contributed by atoms with Crippen molar-refractivity contribution in [3.63, 3.8) is 0 Å². The third-order valence-corrected chi connectivity index (χ3v) is 5.19. The van der Waals surface area contributed by atoms with E-state index in [0.717, 1.165) is 18.4 Å². The van der Waals surface area contributed by atoms with E-state index in [4.69, 9.17) is 11.6 Å². The molecule has 0 fully saturated rings. The number of halogens is 4. The zero-order chi connectivity index (χ0) is 13.3. The summed E-state index contributed by atoms with van der Waals surface area (Å²) in [6, 6.07) is 1.28. The summed E-state index contributed by atoms with van der Waals surface area (Å²) in [5, 5.41) is 1.28. The van der Waals surface area contributed by atoms with Crippen molar-refractivity contribution in [2.24, 2.45) is 0 Å². The van der Waals surface area contributed by atoms with Gasteiger partial charge in [-0.15, -0.1) is 22.9 Å². The Balaban J connectivity index is 2.95. The van der Waals surface area contributed by atoms with Gasteiger partial charge in [0.15, 0.2) is 0 Å². The second-order valence-electron chi connectivity index (χ2n) is 3.26. The van der Waals surface area contributed by atoms with Crippen molar-refractivity contribution in [1.82, 2.24) is 4.31 Å². The van der Waals surface area contributed by atoms with Crippen LogP contribution in [0.3, 0.4) is 0 Å². The Morgan fingerprint density at radius 3 is 2.47 bits per heavy atom. The van der Waals surface area contributed by atoms with Gasteiger partial charge in [-0.05, 0) is 6.07 Å². The summed E-state index contributed by atoms with van der Waals surface area (Å²) < 4.78 is 60.0. The van der Waals surface area contributed by atoms with Crippen molar-refractivity contribution < 1.29 is 21.6 Å². The first-order valence-electron chi connectivity index (χ1n) is 4.33. The predicted octanol–water partition coefficient (Wildman–Crippen LogP) is 2.67. The van der Waals surface area contributed by atoms with Gasteiger partial charge < -0.3 is 0 Å². The van der Waals surface area contributed by atoms with E-state index in [2.05, 4.69) is 0 Å². The molecule has 0 saturated heterocycles. The average molecular weight is 308 g/mol. The Labute approximate surface area is 106 Å². The normalized spacial score (nSPS) is 13.3. The molecule has 1 heterocycles. The standard InChI is InChI=1S/C8H9ClF3NO2S2/c1-13(5-8(10,11)12)17(14,15)7-2-6(3-9)16-4-7/h2,4H,3,5H2,1H3. The number of nitrogens with zero attached hydrogens (tertiary/aromatic N) is 1. The number of rotatable bonds is 4. The molecule has 1 rings (SSSR count). The highest BCUT2D eigenvalue weighted by Gasteiger charge is 2.35. The SMILES string of the molecule is CN(CC(F)(F)F)S(=O)(=O)c1csc(CCl)c1. The summed E-state index contributed by atoms with van der Waals surface area (Å²) in [6.07, 6.45) is -4.56. The van der Waals surface area contributed by atoms with E-state index in [1.807, 2.05) is 0 Å². The Hall–Kier alpha value is -0.310. The molecule has 1 aromatic heterocycles. The minimum absolute atomic E-state index is 0.128. The van der Waals surface area contributed by atoms with Crippen molar-refractivity contribution in [3.05, 3.63) is 16.3 Å². The fourth-order valence-electron chi connectivity index (χ4n) is 1.08. The summed E-state index contributed by atoms with van der Waals surface area (Å²) in [4.78, 5) is 0.426. The Bertz CT molecular complexity index is 483. The van der Waals surface area contributed by atoms with Gasteiger partial charge in [-0.1, -0.05) is 0 Å². The van der Waals surface area contributed by atoms with Crippen LogP contribution in [0.4, 0.5) is 13.2 Å². The van der Waals surface area contributed by atoms with Crippen molar-refractivity contribution in [2.75, 3.05) is 13.6 Å². The molecule has 0 bridgehead atoms. The van der Waals surface area contributed by atoms with Crippen LogP contribution < -0.4 is 0 Å². The molecule has 0 spiro atoms. The number of sulfonamides is 1. The molecule has 0 amide bonds. The molecule has 17 heavy (non-hydrogen) atoms. The second-order valence-corrected chi connectivity index (χ2v) is 6.57. The van der Waals surface area contributed by atoms with Gasteiger partial charge in [-0.2, -0.15) is 17.5 Å². The minimum Gasteiger partial charge on any atom is -0.207 e. The van der Waals surface area contributed by atoms with Gasteiger partial charge in [0.2, 0.25) is 10.0 Å². The van der Waals surface area contributed by atoms with E-state index in [1.165, 1.54) is 11.4 Å². The van der Waals surface area contributed by atoms with E-state index in [1.54, 1.807) is 0 Å². The van der Waals surface area contributed by atoms with Gasteiger partial charge in [-0.3, -0.25) is 0 Å². The Morgan fingerprint density at radius 1 is 1.47 bits per heavy atom. The lowest BCUT2D eigenvalue weighted by Crippen LogP contribution is -2.35. The number of hydrogen-bond donors (Lipinski definition) is 0. The van der Waals surface area contributed by atoms with Crippen LogP contribution in [0.1, 0.15) is 4.88 Å². The molecule has 0 N–H and O–H groups in total. The highest BCUT2D eigenvalue weighted by Crippen LogP contribution is 2.25. The number of hydrogen-bond acceptors (Lipinski definition) is 3. The van der Waals surface area contributed by atoms with Gasteiger partial charge in [0.1, 0.15) is 6.54 Å². The van der Waals surface area contributed by atoms with E-state index in [0.29, 0.717) is 4.88 Å². The molecule has 0 aliphatic rings. The maximum absolute atomic E-state index is 12.1.